The van der Waals surface area contributed by atoms with E-state index in [2.05, 4.69) is 4.99 Å². The van der Waals surface area contributed by atoms with Crippen molar-refractivity contribution in [2.75, 3.05) is 7.11 Å². The van der Waals surface area contributed by atoms with Crippen LogP contribution in [0.1, 0.15) is 36.6 Å². The molecular weight excluding hydrogens is 396 g/mol. The van der Waals surface area contributed by atoms with Crippen molar-refractivity contribution in [3.8, 4) is 5.75 Å². The Bertz CT molecular complexity index is 1330. The number of thiazole rings is 1. The Morgan fingerprint density at radius 2 is 1.77 bits per heavy atom. The van der Waals surface area contributed by atoms with E-state index in [-0.39, 0.29) is 11.3 Å². The zero-order valence-electron chi connectivity index (χ0n) is 17.3. The second-order valence-electron chi connectivity index (χ2n) is 7.32. The molecule has 0 saturated carbocycles. The number of carbonyl (C=O) groups is 1. The predicted molar refractivity (Wildman–Crippen MR) is 119 cm³/mol. The number of aryl methyl sites for hydroxylation is 1. The number of nitrogens with zero attached hydrogens (tertiary/aromatic N) is 2. The summed E-state index contributed by atoms with van der Waals surface area (Å²) in [4.78, 5) is 31.1. The standard InChI is InChI=1S/C24H22N2O3S/c1-14-5-7-17(8-6-14)13-20-23(28)26-22(18-9-11-19(29-4)12-10-18)21(16(3)27)15(2)25-24(26)30-20/h5-13,22H,1-4H3/b20-13+/t22-/m0/s1. The molecular formula is C24H22N2O3S. The van der Waals surface area contributed by atoms with Gasteiger partial charge in [0.2, 0.25) is 0 Å². The van der Waals surface area contributed by atoms with Gasteiger partial charge < -0.3 is 4.74 Å². The number of hydrogen-bond acceptors (Lipinski definition) is 5. The highest BCUT2D eigenvalue weighted by Gasteiger charge is 2.30. The number of hydrogen-bond donors (Lipinski definition) is 0. The lowest BCUT2D eigenvalue weighted by atomic mass is 9.93. The molecule has 4 rings (SSSR count). The predicted octanol–water partition coefficient (Wildman–Crippen LogP) is 3.14. The molecule has 0 fully saturated rings. The molecule has 30 heavy (non-hydrogen) atoms. The molecule has 2 aromatic carbocycles. The number of Topliss-reactive ketones (excluding diaryl/α,β-unsaturated/α-hetero) is 1. The molecule has 3 aromatic rings. The summed E-state index contributed by atoms with van der Waals surface area (Å²) in [5, 5.41) is 0. The van der Waals surface area contributed by atoms with Crippen molar-refractivity contribution in [2.24, 2.45) is 4.99 Å². The van der Waals surface area contributed by atoms with E-state index in [0.717, 1.165) is 22.4 Å². The minimum atomic E-state index is -0.509. The van der Waals surface area contributed by atoms with Crippen LogP contribution in [0.2, 0.25) is 0 Å². The summed E-state index contributed by atoms with van der Waals surface area (Å²) in [5.74, 6) is 0.625. The summed E-state index contributed by atoms with van der Waals surface area (Å²) in [6, 6.07) is 15.0. The van der Waals surface area contributed by atoms with Crippen LogP contribution in [0, 0.1) is 6.92 Å². The van der Waals surface area contributed by atoms with Crippen LogP contribution in [0.3, 0.4) is 0 Å². The van der Waals surface area contributed by atoms with E-state index in [0.29, 0.717) is 20.6 Å². The molecule has 1 aliphatic heterocycles. The van der Waals surface area contributed by atoms with Gasteiger partial charge in [0, 0.05) is 11.3 Å². The fourth-order valence-electron chi connectivity index (χ4n) is 3.69. The summed E-state index contributed by atoms with van der Waals surface area (Å²) >= 11 is 1.34. The van der Waals surface area contributed by atoms with Gasteiger partial charge in [0.15, 0.2) is 10.6 Å². The van der Waals surface area contributed by atoms with Gasteiger partial charge in [-0.3, -0.25) is 14.2 Å². The number of aromatic nitrogens is 1. The van der Waals surface area contributed by atoms with Crippen LogP contribution in [0.5, 0.6) is 5.75 Å². The summed E-state index contributed by atoms with van der Waals surface area (Å²) in [6.45, 7) is 5.37. The second kappa shape index (κ2) is 7.88. The van der Waals surface area contributed by atoms with Crippen LogP contribution in [-0.2, 0) is 4.79 Å². The molecule has 1 aliphatic rings. The maximum atomic E-state index is 13.4. The minimum Gasteiger partial charge on any atom is -0.497 e. The number of fused-ring (bicyclic) bond motifs is 1. The van der Waals surface area contributed by atoms with Crippen molar-refractivity contribution in [1.82, 2.24) is 4.57 Å². The van der Waals surface area contributed by atoms with Gasteiger partial charge in [-0.2, -0.15) is 0 Å². The van der Waals surface area contributed by atoms with Crippen LogP contribution in [-0.4, -0.2) is 17.5 Å². The Morgan fingerprint density at radius 3 is 2.37 bits per heavy atom. The molecule has 1 aromatic heterocycles. The third kappa shape index (κ3) is 3.55. The van der Waals surface area contributed by atoms with Crippen LogP contribution in [0.4, 0.5) is 0 Å². The summed E-state index contributed by atoms with van der Waals surface area (Å²) < 4.78 is 7.48. The number of carbonyl (C=O) groups excluding carboxylic acids is 1. The van der Waals surface area contributed by atoms with E-state index >= 15 is 0 Å². The Kier molecular flexibility index (Phi) is 5.26. The van der Waals surface area contributed by atoms with Crippen molar-refractivity contribution in [1.29, 1.82) is 0 Å². The first-order valence-electron chi connectivity index (χ1n) is 9.63. The molecule has 152 valence electrons. The van der Waals surface area contributed by atoms with Crippen molar-refractivity contribution in [3.63, 3.8) is 0 Å². The SMILES string of the molecule is COc1ccc([C@H]2C(C(C)=O)=C(C)N=c3s/c(=C/c4ccc(C)cc4)c(=O)n32)cc1. The highest BCUT2D eigenvalue weighted by Crippen LogP contribution is 2.31. The molecule has 0 radical (unpaired) electrons. The molecule has 0 saturated heterocycles. The Labute approximate surface area is 178 Å². The van der Waals surface area contributed by atoms with Crippen LogP contribution in [0.15, 0.2) is 69.6 Å². The molecule has 2 heterocycles. The van der Waals surface area contributed by atoms with Crippen molar-refractivity contribution < 1.29 is 9.53 Å². The van der Waals surface area contributed by atoms with Crippen molar-refractivity contribution in [3.05, 3.63) is 96.2 Å². The van der Waals surface area contributed by atoms with Crippen LogP contribution in [0.25, 0.3) is 6.08 Å². The van der Waals surface area contributed by atoms with Crippen molar-refractivity contribution >= 4 is 23.2 Å². The molecule has 1 atom stereocenters. The fraction of sp³-hybridized carbons (Fsp3) is 0.208. The maximum Gasteiger partial charge on any atom is 0.271 e. The molecule has 0 bridgehead atoms. The average molecular weight is 419 g/mol. The van der Waals surface area contributed by atoms with E-state index in [1.165, 1.54) is 18.3 Å². The van der Waals surface area contributed by atoms with E-state index in [9.17, 15) is 9.59 Å². The van der Waals surface area contributed by atoms with Gasteiger partial charge in [0.25, 0.3) is 5.56 Å². The third-order valence-electron chi connectivity index (χ3n) is 5.21. The monoisotopic (exact) mass is 418 g/mol. The first-order valence-corrected chi connectivity index (χ1v) is 10.4. The molecule has 5 nitrogen and oxygen atoms in total. The lowest BCUT2D eigenvalue weighted by Crippen LogP contribution is -2.39. The third-order valence-corrected chi connectivity index (χ3v) is 6.19. The molecule has 0 amide bonds. The highest BCUT2D eigenvalue weighted by molar-refractivity contribution is 7.07. The normalized spacial score (nSPS) is 16.3. The number of ketones is 1. The average Bonchev–Trinajstić information content (AvgIpc) is 3.03. The first kappa shape index (κ1) is 20.0. The molecule has 0 spiro atoms. The summed E-state index contributed by atoms with van der Waals surface area (Å²) in [7, 11) is 1.61. The Morgan fingerprint density at radius 1 is 1.10 bits per heavy atom. The van der Waals surface area contributed by atoms with Gasteiger partial charge >= 0.3 is 0 Å². The van der Waals surface area contributed by atoms with E-state index in [4.69, 9.17) is 4.74 Å². The number of rotatable bonds is 4. The van der Waals surface area contributed by atoms with Gasteiger partial charge in [0.1, 0.15) is 5.75 Å². The van der Waals surface area contributed by atoms with Gasteiger partial charge in [-0.05, 0) is 50.1 Å². The maximum absolute atomic E-state index is 13.4. The zero-order chi connectivity index (χ0) is 21.4. The number of ether oxygens (including phenoxy) is 1. The van der Waals surface area contributed by atoms with Crippen LogP contribution >= 0.6 is 11.3 Å². The zero-order valence-corrected chi connectivity index (χ0v) is 18.1. The number of methoxy groups -OCH3 is 1. The van der Waals surface area contributed by atoms with Gasteiger partial charge in [-0.15, -0.1) is 0 Å². The minimum absolute atomic E-state index is 0.0927. The molecule has 6 heteroatoms. The smallest absolute Gasteiger partial charge is 0.271 e. The van der Waals surface area contributed by atoms with E-state index in [1.807, 2.05) is 68.5 Å². The Balaban J connectivity index is 1.94. The van der Waals surface area contributed by atoms with E-state index in [1.54, 1.807) is 11.7 Å². The molecule has 0 unspecified atom stereocenters. The summed E-state index contributed by atoms with van der Waals surface area (Å²) in [6.07, 6.45) is 1.88. The first-order chi connectivity index (χ1) is 14.4. The summed E-state index contributed by atoms with van der Waals surface area (Å²) in [5.41, 5.74) is 4.00. The molecule has 0 N–H and O–H groups in total. The lowest BCUT2D eigenvalue weighted by molar-refractivity contribution is -0.114. The number of allylic oxidation sites excluding steroid dienone is 2. The van der Waals surface area contributed by atoms with E-state index < -0.39 is 6.04 Å². The quantitative estimate of drug-likeness (QED) is 0.654. The Hall–Kier alpha value is -3.25. The van der Waals surface area contributed by atoms with Gasteiger partial charge in [0.05, 0.1) is 17.7 Å². The number of benzene rings is 2. The van der Waals surface area contributed by atoms with Gasteiger partial charge in [-0.25, -0.2) is 4.99 Å². The van der Waals surface area contributed by atoms with Crippen LogP contribution < -0.4 is 19.6 Å². The topological polar surface area (TPSA) is 60.7 Å². The van der Waals surface area contributed by atoms with Crippen molar-refractivity contribution in [2.45, 2.75) is 26.8 Å². The second-order valence-corrected chi connectivity index (χ2v) is 8.33. The van der Waals surface area contributed by atoms with Gasteiger partial charge in [-0.1, -0.05) is 53.3 Å². The molecule has 0 aliphatic carbocycles. The lowest BCUT2D eigenvalue weighted by Gasteiger charge is -2.24. The fourth-order valence-corrected chi connectivity index (χ4v) is 4.73. The largest absolute Gasteiger partial charge is 0.497 e. The highest BCUT2D eigenvalue weighted by atomic mass is 32.1.